The highest BCUT2D eigenvalue weighted by Crippen LogP contribution is 2.30. The second-order valence-corrected chi connectivity index (χ2v) is 5.28. The molecule has 0 aliphatic rings. The van der Waals surface area contributed by atoms with E-state index in [1.807, 2.05) is 0 Å². The van der Waals surface area contributed by atoms with Gasteiger partial charge in [-0.15, -0.1) is 0 Å². The molecule has 0 saturated heterocycles. The monoisotopic (exact) mass is 287 g/mol. The summed E-state index contributed by atoms with van der Waals surface area (Å²) in [6.07, 6.45) is 3.86. The van der Waals surface area contributed by atoms with Crippen LogP contribution < -0.4 is 5.73 Å². The van der Waals surface area contributed by atoms with Gasteiger partial charge in [-0.1, -0.05) is 63.3 Å². The second-order valence-electron chi connectivity index (χ2n) is 5.28. The molecule has 0 aliphatic carbocycles. The van der Waals surface area contributed by atoms with E-state index in [0.29, 0.717) is 0 Å². The molecule has 114 valence electrons. The predicted molar refractivity (Wildman–Crippen MR) is 76.5 cm³/mol. The van der Waals surface area contributed by atoms with Gasteiger partial charge < -0.3 is 5.73 Å². The Hall–Kier alpha value is -1.03. The Morgan fingerprint density at radius 3 is 2.05 bits per heavy atom. The van der Waals surface area contributed by atoms with Crippen molar-refractivity contribution in [2.24, 2.45) is 5.73 Å². The molecule has 1 atom stereocenters. The summed E-state index contributed by atoms with van der Waals surface area (Å²) in [6, 6.07) is 4.61. The summed E-state index contributed by atoms with van der Waals surface area (Å²) in [5, 5.41) is 0. The maximum absolute atomic E-state index is 12.5. The first-order chi connectivity index (χ1) is 9.45. The molecule has 0 fully saturated rings. The van der Waals surface area contributed by atoms with E-state index < -0.39 is 12.2 Å². The summed E-state index contributed by atoms with van der Waals surface area (Å²) < 4.78 is 37.4. The van der Waals surface area contributed by atoms with Crippen LogP contribution in [0.5, 0.6) is 0 Å². The van der Waals surface area contributed by atoms with Gasteiger partial charge >= 0.3 is 6.18 Å². The third-order valence-electron chi connectivity index (χ3n) is 3.51. The Bertz CT molecular complexity index is 370. The highest BCUT2D eigenvalue weighted by Gasteiger charge is 2.37. The lowest BCUT2D eigenvalue weighted by Crippen LogP contribution is -2.28. The lowest BCUT2D eigenvalue weighted by Gasteiger charge is -2.16. The Labute approximate surface area is 119 Å². The van der Waals surface area contributed by atoms with E-state index in [9.17, 15) is 13.2 Å². The number of halogens is 3. The van der Waals surface area contributed by atoms with Crippen LogP contribution in [0.1, 0.15) is 62.6 Å². The summed E-state index contributed by atoms with van der Waals surface area (Å²) in [5.74, 6) is 0. The van der Waals surface area contributed by atoms with Crippen molar-refractivity contribution < 1.29 is 13.2 Å². The Balaban J connectivity index is 2.36. The lowest BCUT2D eigenvalue weighted by atomic mass is 10.0. The van der Waals surface area contributed by atoms with Gasteiger partial charge in [0.05, 0.1) is 0 Å². The number of hydrogen-bond donors (Lipinski definition) is 1. The van der Waals surface area contributed by atoms with E-state index in [2.05, 4.69) is 6.92 Å². The molecule has 2 N–H and O–H groups in total. The molecule has 20 heavy (non-hydrogen) atoms. The SMILES string of the molecule is CCCCCCCCc1ccc([C@H](N)C(F)(F)F)cc1. The fourth-order valence-corrected chi connectivity index (χ4v) is 2.19. The maximum Gasteiger partial charge on any atom is 0.407 e. The Kier molecular flexibility index (Phi) is 7.06. The zero-order valence-corrected chi connectivity index (χ0v) is 12.0. The van der Waals surface area contributed by atoms with Crippen molar-refractivity contribution in [2.45, 2.75) is 64.1 Å². The topological polar surface area (TPSA) is 26.0 Å². The molecule has 4 heteroatoms. The van der Waals surface area contributed by atoms with Crippen LogP contribution in [-0.2, 0) is 6.42 Å². The van der Waals surface area contributed by atoms with E-state index in [1.165, 1.54) is 44.2 Å². The maximum atomic E-state index is 12.5. The molecule has 0 unspecified atom stereocenters. The smallest absolute Gasteiger partial charge is 0.316 e. The molecule has 0 radical (unpaired) electrons. The normalized spacial score (nSPS) is 13.4. The van der Waals surface area contributed by atoms with Crippen molar-refractivity contribution in [2.75, 3.05) is 0 Å². The molecule has 0 amide bonds. The molecular formula is C16H24F3N. The first kappa shape index (κ1) is 17.0. The molecule has 1 rings (SSSR count). The van der Waals surface area contributed by atoms with Gasteiger partial charge in [-0.3, -0.25) is 0 Å². The summed E-state index contributed by atoms with van der Waals surface area (Å²) in [4.78, 5) is 0. The van der Waals surface area contributed by atoms with E-state index in [1.54, 1.807) is 12.1 Å². The van der Waals surface area contributed by atoms with Crippen molar-refractivity contribution in [3.63, 3.8) is 0 Å². The molecular weight excluding hydrogens is 263 g/mol. The molecule has 1 nitrogen and oxygen atoms in total. The van der Waals surface area contributed by atoms with Crippen LogP contribution >= 0.6 is 0 Å². The zero-order chi connectivity index (χ0) is 15.0. The van der Waals surface area contributed by atoms with Gasteiger partial charge in [-0.25, -0.2) is 0 Å². The first-order valence-electron chi connectivity index (χ1n) is 7.36. The molecule has 0 aliphatic heterocycles. The van der Waals surface area contributed by atoms with Crippen LogP contribution in [0.25, 0.3) is 0 Å². The molecule has 0 bridgehead atoms. The van der Waals surface area contributed by atoms with Crippen LogP contribution in [0.4, 0.5) is 13.2 Å². The number of unbranched alkanes of at least 4 members (excludes halogenated alkanes) is 5. The van der Waals surface area contributed by atoms with Gasteiger partial charge in [-0.05, 0) is 24.0 Å². The van der Waals surface area contributed by atoms with Crippen LogP contribution in [0.3, 0.4) is 0 Å². The number of hydrogen-bond acceptors (Lipinski definition) is 1. The predicted octanol–water partition coefficient (Wildman–Crippen LogP) is 5.15. The number of alkyl halides is 3. The number of benzene rings is 1. The van der Waals surface area contributed by atoms with Crippen molar-refractivity contribution in [3.05, 3.63) is 35.4 Å². The minimum absolute atomic E-state index is 0.129. The van der Waals surface area contributed by atoms with Gasteiger partial charge in [0.2, 0.25) is 0 Å². The van der Waals surface area contributed by atoms with Crippen molar-refractivity contribution >= 4 is 0 Å². The summed E-state index contributed by atoms with van der Waals surface area (Å²) in [6.45, 7) is 2.19. The van der Waals surface area contributed by atoms with Gasteiger partial charge in [-0.2, -0.15) is 13.2 Å². The van der Waals surface area contributed by atoms with Crippen molar-refractivity contribution in [1.82, 2.24) is 0 Å². The summed E-state index contributed by atoms with van der Waals surface area (Å²) in [5.41, 5.74) is 6.38. The lowest BCUT2D eigenvalue weighted by molar-refractivity contribution is -0.149. The summed E-state index contributed by atoms with van der Waals surface area (Å²) in [7, 11) is 0. The second kappa shape index (κ2) is 8.30. The minimum Gasteiger partial charge on any atom is -0.316 e. The third kappa shape index (κ3) is 5.95. The molecule has 1 aromatic rings. The van der Waals surface area contributed by atoms with Gasteiger partial charge in [0.1, 0.15) is 6.04 Å². The average Bonchev–Trinajstić information content (AvgIpc) is 2.41. The van der Waals surface area contributed by atoms with Crippen LogP contribution in [0, 0.1) is 0 Å². The van der Waals surface area contributed by atoms with Crippen molar-refractivity contribution in [1.29, 1.82) is 0 Å². The van der Waals surface area contributed by atoms with Crippen molar-refractivity contribution in [3.8, 4) is 0 Å². The van der Waals surface area contributed by atoms with E-state index in [0.717, 1.165) is 18.4 Å². The van der Waals surface area contributed by atoms with Crippen LogP contribution in [0.15, 0.2) is 24.3 Å². The Morgan fingerprint density at radius 1 is 0.950 bits per heavy atom. The first-order valence-corrected chi connectivity index (χ1v) is 7.36. The molecule has 1 aromatic carbocycles. The molecule has 0 aromatic heterocycles. The molecule has 0 saturated carbocycles. The number of rotatable bonds is 8. The average molecular weight is 287 g/mol. The van der Waals surface area contributed by atoms with Gasteiger partial charge in [0.15, 0.2) is 0 Å². The fourth-order valence-electron chi connectivity index (χ4n) is 2.19. The highest BCUT2D eigenvalue weighted by atomic mass is 19.4. The van der Waals surface area contributed by atoms with E-state index in [4.69, 9.17) is 5.73 Å². The quantitative estimate of drug-likeness (QED) is 0.657. The zero-order valence-electron chi connectivity index (χ0n) is 12.0. The largest absolute Gasteiger partial charge is 0.407 e. The summed E-state index contributed by atoms with van der Waals surface area (Å²) >= 11 is 0. The van der Waals surface area contributed by atoms with E-state index in [-0.39, 0.29) is 5.56 Å². The highest BCUT2D eigenvalue weighted by molar-refractivity contribution is 5.25. The standard InChI is InChI=1S/C16H24F3N/c1-2-3-4-5-6-7-8-13-9-11-14(12-10-13)15(20)16(17,18)19/h9-12,15H,2-8,20H2,1H3/t15-/m0/s1. The van der Waals surface area contributed by atoms with E-state index >= 15 is 0 Å². The number of aryl methyl sites for hydroxylation is 1. The van der Waals surface area contributed by atoms with Crippen LogP contribution in [0.2, 0.25) is 0 Å². The fraction of sp³-hybridized carbons (Fsp3) is 0.625. The number of nitrogens with two attached hydrogens (primary N) is 1. The van der Waals surface area contributed by atoms with Crippen LogP contribution in [-0.4, -0.2) is 6.18 Å². The molecule has 0 heterocycles. The Morgan fingerprint density at radius 2 is 1.50 bits per heavy atom. The van der Waals surface area contributed by atoms with Gasteiger partial charge in [0.25, 0.3) is 0 Å². The minimum atomic E-state index is -4.37. The van der Waals surface area contributed by atoms with Gasteiger partial charge in [0, 0.05) is 0 Å². The third-order valence-corrected chi connectivity index (χ3v) is 3.51. The molecule has 0 spiro atoms.